The average Bonchev–Trinajstić information content (AvgIpc) is 2.73. The van der Waals surface area contributed by atoms with Gasteiger partial charge in [0.1, 0.15) is 0 Å². The van der Waals surface area contributed by atoms with Gasteiger partial charge < -0.3 is 10.0 Å². The zero-order valence-corrected chi connectivity index (χ0v) is 18.8. The largest absolute Gasteiger partial charge is 0.478 e. The summed E-state index contributed by atoms with van der Waals surface area (Å²) in [6, 6.07) is 14.1. The number of carboxylic acids is 1. The van der Waals surface area contributed by atoms with Gasteiger partial charge in [-0.25, -0.2) is 4.79 Å². The summed E-state index contributed by atoms with van der Waals surface area (Å²) < 4.78 is 0. The number of hydrogen-bond acceptors (Lipinski definition) is 2. The van der Waals surface area contributed by atoms with Gasteiger partial charge in [-0.3, -0.25) is 0 Å². The lowest BCUT2D eigenvalue weighted by atomic mass is 9.76. The predicted octanol–water partition coefficient (Wildman–Crippen LogP) is 6.88. The summed E-state index contributed by atoms with van der Waals surface area (Å²) in [7, 11) is 2.20. The fourth-order valence-corrected chi connectivity index (χ4v) is 4.32. The molecule has 1 aliphatic heterocycles. The number of benzene rings is 2. The van der Waals surface area contributed by atoms with Crippen molar-refractivity contribution in [2.45, 2.75) is 64.2 Å². The smallest absolute Gasteiger partial charge is 0.335 e. The first-order valence-corrected chi connectivity index (χ1v) is 11.2. The first-order chi connectivity index (χ1) is 14.3. The van der Waals surface area contributed by atoms with Gasteiger partial charge in [0.2, 0.25) is 0 Å². The number of allylic oxidation sites excluding steroid dienone is 1. The lowest BCUT2D eigenvalue weighted by Gasteiger charge is -2.39. The minimum atomic E-state index is -0.885. The molecule has 0 radical (unpaired) electrons. The quantitative estimate of drug-likeness (QED) is 0.487. The number of rotatable bonds is 8. The van der Waals surface area contributed by atoms with E-state index in [1.807, 2.05) is 12.1 Å². The summed E-state index contributed by atoms with van der Waals surface area (Å²) in [5.74, 6) is -0.525. The summed E-state index contributed by atoms with van der Waals surface area (Å²) >= 11 is 0. The maximum absolute atomic E-state index is 11.1. The van der Waals surface area contributed by atoms with Crippen LogP contribution in [0.3, 0.4) is 0 Å². The molecule has 0 bridgehead atoms. The highest BCUT2D eigenvalue weighted by Crippen LogP contribution is 2.41. The fourth-order valence-electron chi connectivity index (χ4n) is 4.32. The third-order valence-electron chi connectivity index (χ3n) is 6.46. The number of fused-ring (bicyclic) bond motifs is 1. The molecule has 2 aromatic rings. The molecule has 0 spiro atoms. The normalized spacial score (nSPS) is 16.5. The third-order valence-corrected chi connectivity index (χ3v) is 6.46. The first kappa shape index (κ1) is 22.1. The third kappa shape index (κ3) is 5.13. The molecule has 1 heterocycles. The summed E-state index contributed by atoms with van der Waals surface area (Å²) in [6.45, 7) is 8.02. The van der Waals surface area contributed by atoms with Crippen molar-refractivity contribution in [3.8, 4) is 0 Å². The van der Waals surface area contributed by atoms with Gasteiger partial charge in [0, 0.05) is 25.2 Å². The molecule has 2 aromatic carbocycles. The van der Waals surface area contributed by atoms with Crippen LogP contribution in [0, 0.1) is 0 Å². The van der Waals surface area contributed by atoms with Gasteiger partial charge in [0.25, 0.3) is 0 Å². The number of anilines is 1. The molecule has 0 saturated carbocycles. The van der Waals surface area contributed by atoms with Crippen LogP contribution in [0.15, 0.2) is 48.5 Å². The van der Waals surface area contributed by atoms with Gasteiger partial charge in [-0.05, 0) is 53.1 Å². The Morgan fingerprint density at radius 1 is 1.17 bits per heavy atom. The van der Waals surface area contributed by atoms with Crippen molar-refractivity contribution < 1.29 is 9.90 Å². The van der Waals surface area contributed by atoms with Crippen LogP contribution in [0.1, 0.15) is 85.8 Å². The Balaban J connectivity index is 1.88. The van der Waals surface area contributed by atoms with Gasteiger partial charge in [0.05, 0.1) is 5.56 Å². The van der Waals surface area contributed by atoms with E-state index in [9.17, 15) is 4.79 Å². The molecule has 0 saturated heterocycles. The number of unbranched alkanes of at least 4 members (excludes halogenated alkanes) is 2. The standard InChI is InChI=1S/C27H35NO2/c1-5-6-7-8-21(12-9-20-10-13-22(14-11-20)26(29)30)23-15-16-24-25(19-23)28(4)18-17-27(24,2)3/h9-16,19,21H,5-8,17-18H2,1-4H3,(H,29,30). The second-order valence-corrected chi connectivity index (χ2v) is 9.22. The van der Waals surface area contributed by atoms with Crippen molar-refractivity contribution in [2.75, 3.05) is 18.5 Å². The van der Waals surface area contributed by atoms with E-state index in [2.05, 4.69) is 63.1 Å². The molecule has 160 valence electrons. The van der Waals surface area contributed by atoms with Crippen molar-refractivity contribution in [1.82, 2.24) is 0 Å². The van der Waals surface area contributed by atoms with Crippen LogP contribution >= 0.6 is 0 Å². The number of nitrogens with zero attached hydrogens (tertiary/aromatic N) is 1. The molecule has 1 unspecified atom stereocenters. The number of carboxylic acid groups (broad SMARTS) is 1. The van der Waals surface area contributed by atoms with Gasteiger partial charge in [-0.15, -0.1) is 0 Å². The first-order valence-electron chi connectivity index (χ1n) is 11.2. The minimum absolute atomic E-state index is 0.222. The van der Waals surface area contributed by atoms with Crippen LogP contribution in [0.5, 0.6) is 0 Å². The Bertz CT molecular complexity index is 896. The molecule has 1 aliphatic rings. The SMILES string of the molecule is CCCCCC(C=Cc1ccc(C(=O)O)cc1)c1ccc2c(c1)N(C)CCC2(C)C. The summed E-state index contributed by atoms with van der Waals surface area (Å²) in [5.41, 5.74) is 5.76. The van der Waals surface area contributed by atoms with Crippen molar-refractivity contribution in [3.63, 3.8) is 0 Å². The highest BCUT2D eigenvalue weighted by Gasteiger charge is 2.30. The molecule has 1 atom stereocenters. The van der Waals surface area contributed by atoms with Crippen molar-refractivity contribution in [3.05, 3.63) is 70.8 Å². The topological polar surface area (TPSA) is 40.5 Å². The van der Waals surface area contributed by atoms with Crippen LogP contribution in [-0.2, 0) is 5.41 Å². The molecule has 3 rings (SSSR count). The maximum Gasteiger partial charge on any atom is 0.335 e. The molecule has 3 heteroatoms. The Hall–Kier alpha value is -2.55. The highest BCUT2D eigenvalue weighted by molar-refractivity contribution is 5.87. The highest BCUT2D eigenvalue weighted by atomic mass is 16.4. The minimum Gasteiger partial charge on any atom is -0.478 e. The summed E-state index contributed by atoms with van der Waals surface area (Å²) in [4.78, 5) is 13.5. The monoisotopic (exact) mass is 405 g/mol. The molecular formula is C27H35NO2. The number of carbonyl (C=O) groups is 1. The fraction of sp³-hybridized carbons (Fsp3) is 0.444. The Kier molecular flexibility index (Phi) is 7.02. The number of hydrogen-bond donors (Lipinski definition) is 1. The van der Waals surface area contributed by atoms with Crippen molar-refractivity contribution >= 4 is 17.7 Å². The average molecular weight is 406 g/mol. The van der Waals surface area contributed by atoms with Crippen molar-refractivity contribution in [2.24, 2.45) is 0 Å². The van der Waals surface area contributed by atoms with E-state index in [4.69, 9.17) is 5.11 Å². The second kappa shape index (κ2) is 9.51. The molecule has 0 amide bonds. The lowest BCUT2D eigenvalue weighted by molar-refractivity contribution is 0.0697. The van der Waals surface area contributed by atoms with E-state index in [-0.39, 0.29) is 5.41 Å². The summed E-state index contributed by atoms with van der Waals surface area (Å²) in [6.07, 6.45) is 10.4. The molecule has 1 N–H and O–H groups in total. The van der Waals surface area contributed by atoms with Gasteiger partial charge >= 0.3 is 5.97 Å². The zero-order valence-electron chi connectivity index (χ0n) is 18.8. The van der Waals surface area contributed by atoms with E-state index in [0.717, 1.165) is 18.5 Å². The molecule has 0 fully saturated rings. The molecule has 0 aromatic heterocycles. The second-order valence-electron chi connectivity index (χ2n) is 9.22. The van der Waals surface area contributed by atoms with Crippen LogP contribution < -0.4 is 4.90 Å². The molecule has 30 heavy (non-hydrogen) atoms. The molecular weight excluding hydrogens is 370 g/mol. The zero-order chi connectivity index (χ0) is 21.7. The van der Waals surface area contributed by atoms with Crippen LogP contribution in [0.4, 0.5) is 5.69 Å². The van der Waals surface area contributed by atoms with E-state index >= 15 is 0 Å². The van der Waals surface area contributed by atoms with Crippen LogP contribution in [0.25, 0.3) is 6.08 Å². The van der Waals surface area contributed by atoms with Gasteiger partial charge in [-0.1, -0.05) is 76.5 Å². The van der Waals surface area contributed by atoms with Crippen LogP contribution in [-0.4, -0.2) is 24.7 Å². The summed E-state index contributed by atoms with van der Waals surface area (Å²) in [5, 5.41) is 9.10. The number of aromatic carboxylic acids is 1. The van der Waals surface area contributed by atoms with E-state index in [1.54, 1.807) is 12.1 Å². The Labute approximate surface area is 181 Å². The van der Waals surface area contributed by atoms with Crippen molar-refractivity contribution in [1.29, 1.82) is 0 Å². The molecule has 0 aliphatic carbocycles. The van der Waals surface area contributed by atoms with E-state index in [0.29, 0.717) is 11.5 Å². The van der Waals surface area contributed by atoms with Gasteiger partial charge in [0.15, 0.2) is 0 Å². The Morgan fingerprint density at radius 3 is 2.57 bits per heavy atom. The Morgan fingerprint density at radius 2 is 1.90 bits per heavy atom. The lowest BCUT2D eigenvalue weighted by Crippen LogP contribution is -2.34. The van der Waals surface area contributed by atoms with E-state index in [1.165, 1.54) is 42.5 Å². The van der Waals surface area contributed by atoms with Gasteiger partial charge in [-0.2, -0.15) is 0 Å². The maximum atomic E-state index is 11.1. The predicted molar refractivity (Wildman–Crippen MR) is 127 cm³/mol. The van der Waals surface area contributed by atoms with Crippen LogP contribution in [0.2, 0.25) is 0 Å². The molecule has 3 nitrogen and oxygen atoms in total. The van der Waals surface area contributed by atoms with E-state index < -0.39 is 5.97 Å².